The lowest BCUT2D eigenvalue weighted by Gasteiger charge is -2.10. The molecule has 98 valence electrons. The Labute approximate surface area is 115 Å². The van der Waals surface area contributed by atoms with Crippen LogP contribution in [0.1, 0.15) is 5.56 Å². The highest BCUT2D eigenvalue weighted by Crippen LogP contribution is 2.08. The van der Waals surface area contributed by atoms with Crippen molar-refractivity contribution in [2.75, 3.05) is 5.32 Å². The van der Waals surface area contributed by atoms with Gasteiger partial charge in [-0.05, 0) is 54.2 Å². The topological polar surface area (TPSA) is 24.1 Å². The number of anilines is 1. The Balaban J connectivity index is 1.84. The third-order valence-corrected chi connectivity index (χ3v) is 2.71. The number of halogens is 2. The lowest BCUT2D eigenvalue weighted by atomic mass is 10.2. The standard InChI is InChI=1S/C14H12F2N2S/c15-11-3-1-10(2-4-11)9-17-14(19)18-13-7-5-12(16)6-8-13/h1-8H,9H2,(H2,17,18,19). The fraction of sp³-hybridized carbons (Fsp3) is 0.0714. The lowest BCUT2D eigenvalue weighted by molar-refractivity contribution is 0.626. The first kappa shape index (κ1) is 13.4. The molecule has 0 atom stereocenters. The molecule has 0 fully saturated rings. The normalized spacial score (nSPS) is 10.0. The van der Waals surface area contributed by atoms with Crippen LogP contribution in [0.4, 0.5) is 14.5 Å². The molecule has 2 N–H and O–H groups in total. The van der Waals surface area contributed by atoms with Gasteiger partial charge in [0.2, 0.25) is 0 Å². The second-order valence-electron chi connectivity index (χ2n) is 3.94. The van der Waals surface area contributed by atoms with Gasteiger partial charge in [0.1, 0.15) is 11.6 Å². The second-order valence-corrected chi connectivity index (χ2v) is 4.35. The summed E-state index contributed by atoms with van der Waals surface area (Å²) in [6.45, 7) is 0.493. The summed E-state index contributed by atoms with van der Waals surface area (Å²) in [4.78, 5) is 0. The molecule has 0 aliphatic heterocycles. The smallest absolute Gasteiger partial charge is 0.171 e. The van der Waals surface area contributed by atoms with Crippen LogP contribution in [0.3, 0.4) is 0 Å². The molecule has 0 amide bonds. The van der Waals surface area contributed by atoms with Gasteiger partial charge in [-0.25, -0.2) is 8.78 Å². The summed E-state index contributed by atoms with van der Waals surface area (Å²) in [6.07, 6.45) is 0. The Morgan fingerprint density at radius 2 is 1.42 bits per heavy atom. The largest absolute Gasteiger partial charge is 0.358 e. The van der Waals surface area contributed by atoms with Crippen LogP contribution in [-0.2, 0) is 6.54 Å². The van der Waals surface area contributed by atoms with E-state index in [-0.39, 0.29) is 11.6 Å². The Morgan fingerprint density at radius 1 is 0.895 bits per heavy atom. The number of nitrogens with one attached hydrogen (secondary N) is 2. The first-order chi connectivity index (χ1) is 9.13. The minimum absolute atomic E-state index is 0.268. The van der Waals surface area contributed by atoms with Crippen molar-refractivity contribution in [2.24, 2.45) is 0 Å². The molecule has 0 saturated carbocycles. The van der Waals surface area contributed by atoms with Gasteiger partial charge in [-0.3, -0.25) is 0 Å². The van der Waals surface area contributed by atoms with Gasteiger partial charge in [-0.15, -0.1) is 0 Å². The summed E-state index contributed by atoms with van der Waals surface area (Å²) in [5, 5.41) is 6.34. The average molecular weight is 278 g/mol. The molecule has 0 aromatic heterocycles. The van der Waals surface area contributed by atoms with E-state index in [1.807, 2.05) is 0 Å². The Kier molecular flexibility index (Phi) is 4.41. The Hall–Kier alpha value is -2.01. The van der Waals surface area contributed by atoms with Gasteiger partial charge in [-0.1, -0.05) is 12.1 Å². The van der Waals surface area contributed by atoms with Crippen LogP contribution in [0, 0.1) is 11.6 Å². The zero-order valence-corrected chi connectivity index (χ0v) is 10.8. The molecule has 19 heavy (non-hydrogen) atoms. The van der Waals surface area contributed by atoms with E-state index in [1.165, 1.54) is 24.3 Å². The average Bonchev–Trinajstić information content (AvgIpc) is 2.41. The molecule has 0 heterocycles. The number of benzene rings is 2. The van der Waals surface area contributed by atoms with Crippen molar-refractivity contribution in [1.82, 2.24) is 5.32 Å². The van der Waals surface area contributed by atoms with Crippen LogP contribution in [-0.4, -0.2) is 5.11 Å². The highest BCUT2D eigenvalue weighted by Gasteiger charge is 1.99. The number of hydrogen-bond donors (Lipinski definition) is 2. The summed E-state index contributed by atoms with van der Waals surface area (Å²) in [7, 11) is 0. The Morgan fingerprint density at radius 3 is 2.00 bits per heavy atom. The maximum atomic E-state index is 12.7. The zero-order valence-electron chi connectivity index (χ0n) is 9.99. The van der Waals surface area contributed by atoms with Crippen molar-refractivity contribution in [3.8, 4) is 0 Å². The number of rotatable bonds is 3. The summed E-state index contributed by atoms with van der Waals surface area (Å²) < 4.78 is 25.4. The summed E-state index contributed by atoms with van der Waals surface area (Å²) in [6, 6.07) is 12.1. The highest BCUT2D eigenvalue weighted by molar-refractivity contribution is 7.80. The van der Waals surface area contributed by atoms with E-state index in [0.29, 0.717) is 17.3 Å². The van der Waals surface area contributed by atoms with E-state index in [0.717, 1.165) is 5.56 Å². The first-order valence-corrected chi connectivity index (χ1v) is 6.09. The molecule has 0 bridgehead atoms. The summed E-state index contributed by atoms with van der Waals surface area (Å²) >= 11 is 5.10. The maximum Gasteiger partial charge on any atom is 0.171 e. The molecule has 0 radical (unpaired) electrons. The summed E-state index contributed by atoms with van der Waals surface area (Å²) in [5.41, 5.74) is 1.63. The predicted octanol–water partition coefficient (Wildman–Crippen LogP) is 3.45. The molecular formula is C14H12F2N2S. The minimum Gasteiger partial charge on any atom is -0.358 e. The van der Waals surface area contributed by atoms with Crippen LogP contribution in [0.25, 0.3) is 0 Å². The molecule has 2 aromatic rings. The van der Waals surface area contributed by atoms with Crippen molar-refractivity contribution in [2.45, 2.75) is 6.54 Å². The van der Waals surface area contributed by atoms with Crippen molar-refractivity contribution >= 4 is 23.0 Å². The van der Waals surface area contributed by atoms with E-state index in [2.05, 4.69) is 10.6 Å². The monoisotopic (exact) mass is 278 g/mol. The fourth-order valence-corrected chi connectivity index (χ4v) is 1.68. The zero-order chi connectivity index (χ0) is 13.7. The van der Waals surface area contributed by atoms with E-state index in [4.69, 9.17) is 12.2 Å². The second kappa shape index (κ2) is 6.24. The van der Waals surface area contributed by atoms with Gasteiger partial charge in [0, 0.05) is 12.2 Å². The van der Waals surface area contributed by atoms with Gasteiger partial charge in [0.05, 0.1) is 0 Å². The molecule has 0 saturated heterocycles. The maximum absolute atomic E-state index is 12.7. The van der Waals surface area contributed by atoms with Gasteiger partial charge < -0.3 is 10.6 Å². The molecule has 0 aliphatic carbocycles. The van der Waals surface area contributed by atoms with E-state index >= 15 is 0 Å². The third-order valence-electron chi connectivity index (χ3n) is 2.47. The SMILES string of the molecule is Fc1ccc(CNC(=S)Nc2ccc(F)cc2)cc1. The van der Waals surface area contributed by atoms with Gasteiger partial charge >= 0.3 is 0 Å². The van der Waals surface area contributed by atoms with Crippen LogP contribution < -0.4 is 10.6 Å². The predicted molar refractivity (Wildman–Crippen MR) is 75.9 cm³/mol. The van der Waals surface area contributed by atoms with E-state index in [9.17, 15) is 8.78 Å². The molecular weight excluding hydrogens is 266 g/mol. The molecule has 2 nitrogen and oxygen atoms in total. The summed E-state index contributed by atoms with van der Waals surface area (Å²) in [5.74, 6) is -0.563. The minimum atomic E-state index is -0.296. The van der Waals surface area contributed by atoms with E-state index in [1.54, 1.807) is 24.3 Å². The number of hydrogen-bond acceptors (Lipinski definition) is 1. The third kappa shape index (κ3) is 4.30. The van der Waals surface area contributed by atoms with E-state index < -0.39 is 0 Å². The van der Waals surface area contributed by atoms with Crippen LogP contribution in [0.2, 0.25) is 0 Å². The quantitative estimate of drug-likeness (QED) is 0.841. The van der Waals surface area contributed by atoms with Crippen molar-refractivity contribution in [3.63, 3.8) is 0 Å². The molecule has 0 aliphatic rings. The van der Waals surface area contributed by atoms with Crippen LogP contribution in [0.5, 0.6) is 0 Å². The van der Waals surface area contributed by atoms with Crippen molar-refractivity contribution in [1.29, 1.82) is 0 Å². The molecule has 0 spiro atoms. The van der Waals surface area contributed by atoms with Gasteiger partial charge in [0.15, 0.2) is 5.11 Å². The van der Waals surface area contributed by atoms with Gasteiger partial charge in [0.25, 0.3) is 0 Å². The van der Waals surface area contributed by atoms with Crippen LogP contribution in [0.15, 0.2) is 48.5 Å². The van der Waals surface area contributed by atoms with Crippen molar-refractivity contribution < 1.29 is 8.78 Å². The van der Waals surface area contributed by atoms with Crippen LogP contribution >= 0.6 is 12.2 Å². The number of thiocarbonyl (C=S) groups is 1. The molecule has 0 unspecified atom stereocenters. The molecule has 2 rings (SSSR count). The molecule has 2 aromatic carbocycles. The fourth-order valence-electron chi connectivity index (χ4n) is 1.49. The Bertz CT molecular complexity index is 553. The first-order valence-electron chi connectivity index (χ1n) is 5.68. The van der Waals surface area contributed by atoms with Crippen molar-refractivity contribution in [3.05, 3.63) is 65.7 Å². The van der Waals surface area contributed by atoms with Gasteiger partial charge in [-0.2, -0.15) is 0 Å². The molecule has 5 heteroatoms. The lowest BCUT2D eigenvalue weighted by Crippen LogP contribution is -2.27. The highest BCUT2D eigenvalue weighted by atomic mass is 32.1.